The Bertz CT molecular complexity index is 784. The molecule has 6 nitrogen and oxygen atoms in total. The highest BCUT2D eigenvalue weighted by atomic mass is 35.5. The molecule has 2 N–H and O–H groups in total. The minimum Gasteiger partial charge on any atom is -0.481 e. The highest BCUT2D eigenvalue weighted by Crippen LogP contribution is 2.25. The lowest BCUT2D eigenvalue weighted by Gasteiger charge is -2.28. The molecule has 1 amide bonds. The van der Waals surface area contributed by atoms with Gasteiger partial charge in [-0.3, -0.25) is 9.59 Å². The van der Waals surface area contributed by atoms with Crippen LogP contribution in [0.2, 0.25) is 5.02 Å². The number of likely N-dealkylation sites (N-methyl/N-ethyl adjacent to an activating group) is 1. The van der Waals surface area contributed by atoms with Gasteiger partial charge in [0.05, 0.1) is 45.9 Å². The summed E-state index contributed by atoms with van der Waals surface area (Å²) in [7, 11) is 5.83. The molecule has 8 heteroatoms. The van der Waals surface area contributed by atoms with Crippen molar-refractivity contribution in [2.75, 3.05) is 27.7 Å². The van der Waals surface area contributed by atoms with Gasteiger partial charge >= 0.3 is 5.97 Å². The number of quaternary nitrogens is 1. The van der Waals surface area contributed by atoms with Crippen LogP contribution in [0.15, 0.2) is 45.7 Å². The van der Waals surface area contributed by atoms with E-state index in [-0.39, 0.29) is 12.2 Å². The van der Waals surface area contributed by atoms with Crippen LogP contribution in [0, 0.1) is 0 Å². The first-order valence-electron chi connectivity index (χ1n) is 8.42. The predicted molar refractivity (Wildman–Crippen MR) is 106 cm³/mol. The average molecular weight is 412 g/mol. The van der Waals surface area contributed by atoms with Crippen molar-refractivity contribution in [1.82, 2.24) is 5.32 Å². The Hall–Kier alpha value is -1.96. The zero-order chi connectivity index (χ0) is 20.0. The number of benzene rings is 1. The van der Waals surface area contributed by atoms with E-state index in [0.29, 0.717) is 27.6 Å². The highest BCUT2D eigenvalue weighted by Gasteiger charge is 2.24. The summed E-state index contributed by atoms with van der Waals surface area (Å²) in [5.41, 5.74) is 0. The summed E-state index contributed by atoms with van der Waals surface area (Å²) in [5, 5.41) is 12.5. The van der Waals surface area contributed by atoms with E-state index in [9.17, 15) is 9.59 Å². The molecule has 0 aliphatic heterocycles. The van der Waals surface area contributed by atoms with Crippen LogP contribution in [0.3, 0.4) is 0 Å². The maximum atomic E-state index is 12.4. The Balaban J connectivity index is 1.95. The summed E-state index contributed by atoms with van der Waals surface area (Å²) >= 11 is 7.44. The second-order valence-electron chi connectivity index (χ2n) is 7.25. The van der Waals surface area contributed by atoms with Gasteiger partial charge in [0.2, 0.25) is 0 Å². The lowest BCUT2D eigenvalue weighted by Crippen LogP contribution is -2.49. The number of carbonyl (C=O) groups excluding carboxylic acids is 1. The normalized spacial score (nSPS) is 12.6. The van der Waals surface area contributed by atoms with E-state index in [0.717, 1.165) is 4.90 Å². The van der Waals surface area contributed by atoms with Crippen LogP contribution < -0.4 is 5.32 Å². The Morgan fingerprint density at radius 2 is 1.85 bits per heavy atom. The number of hydrogen-bond donors (Lipinski definition) is 2. The molecule has 1 heterocycles. The molecule has 0 unspecified atom stereocenters. The number of carboxylic acid groups (broad SMARTS) is 1. The number of thioether (sulfide) groups is 1. The molecule has 0 aliphatic carbocycles. The van der Waals surface area contributed by atoms with E-state index in [4.69, 9.17) is 21.1 Å². The van der Waals surface area contributed by atoms with Gasteiger partial charge in [-0.25, -0.2) is 0 Å². The Kier molecular flexibility index (Phi) is 7.35. The Morgan fingerprint density at radius 1 is 1.19 bits per heavy atom. The van der Waals surface area contributed by atoms with Gasteiger partial charge in [0.1, 0.15) is 5.76 Å². The molecule has 0 spiro atoms. The molecular formula is C19H24ClN2O4S+. The van der Waals surface area contributed by atoms with E-state index in [1.54, 1.807) is 23.9 Å². The van der Waals surface area contributed by atoms with Crippen LogP contribution >= 0.6 is 23.4 Å². The Labute approximate surface area is 168 Å². The van der Waals surface area contributed by atoms with Crippen molar-refractivity contribution < 1.29 is 23.6 Å². The van der Waals surface area contributed by atoms with E-state index >= 15 is 0 Å². The third kappa shape index (κ3) is 7.66. The summed E-state index contributed by atoms with van der Waals surface area (Å²) in [5.74, 6) is 0.0671. The van der Waals surface area contributed by atoms with Crippen LogP contribution in [-0.2, 0) is 10.5 Å². The summed E-state index contributed by atoms with van der Waals surface area (Å²) in [6.45, 7) is 0.498. The number of halogens is 1. The smallest absolute Gasteiger partial charge is 0.305 e. The van der Waals surface area contributed by atoms with E-state index in [1.165, 1.54) is 0 Å². The number of furan rings is 1. The van der Waals surface area contributed by atoms with Crippen LogP contribution in [-0.4, -0.2) is 55.2 Å². The number of aliphatic carboxylic acids is 1. The lowest BCUT2D eigenvalue weighted by molar-refractivity contribution is -0.871. The number of nitrogens with one attached hydrogen (secondary N) is 1. The monoisotopic (exact) mass is 411 g/mol. The molecule has 0 aliphatic rings. The van der Waals surface area contributed by atoms with Gasteiger partial charge in [0.25, 0.3) is 5.91 Å². The largest absolute Gasteiger partial charge is 0.481 e. The Morgan fingerprint density at radius 3 is 2.44 bits per heavy atom. The van der Waals surface area contributed by atoms with Crippen molar-refractivity contribution in [3.8, 4) is 0 Å². The van der Waals surface area contributed by atoms with Crippen LogP contribution in [0.4, 0.5) is 0 Å². The fourth-order valence-electron chi connectivity index (χ4n) is 2.55. The van der Waals surface area contributed by atoms with Crippen molar-refractivity contribution in [1.29, 1.82) is 0 Å². The van der Waals surface area contributed by atoms with Gasteiger partial charge in [-0.15, -0.1) is 11.8 Å². The molecular weight excluding hydrogens is 388 g/mol. The molecule has 1 atom stereocenters. The average Bonchev–Trinajstić information content (AvgIpc) is 3.01. The van der Waals surface area contributed by atoms with E-state index < -0.39 is 17.9 Å². The van der Waals surface area contributed by atoms with Gasteiger partial charge in [0.15, 0.2) is 5.76 Å². The summed E-state index contributed by atoms with van der Waals surface area (Å²) in [6, 6.07) is 10.4. The number of rotatable bonds is 9. The molecule has 1 aromatic heterocycles. The molecule has 0 fully saturated rings. The molecule has 27 heavy (non-hydrogen) atoms. The molecule has 0 bridgehead atoms. The standard InChI is InChI=1S/C19H23ClN2O4S/c1-22(2,3)11-14(10-18(23)24)21-19(25)17-9-6-15(26-17)12-27-16-7-4-13(20)5-8-16/h4-9,14H,10-12H2,1-3H3,(H-,21,23,24,25)/p+1/t14-/m1/s1. The van der Waals surface area contributed by atoms with Gasteiger partial charge < -0.3 is 19.3 Å². The molecule has 2 aromatic rings. The molecule has 146 valence electrons. The zero-order valence-corrected chi connectivity index (χ0v) is 17.1. The van der Waals surface area contributed by atoms with Crippen LogP contribution in [0.25, 0.3) is 0 Å². The van der Waals surface area contributed by atoms with Crippen molar-refractivity contribution in [2.45, 2.75) is 23.1 Å². The molecule has 0 saturated heterocycles. The number of hydrogen-bond acceptors (Lipinski definition) is 4. The van der Waals surface area contributed by atoms with Crippen molar-refractivity contribution in [3.05, 3.63) is 52.9 Å². The van der Waals surface area contributed by atoms with Crippen molar-refractivity contribution >= 4 is 35.2 Å². The van der Waals surface area contributed by atoms with E-state index in [1.807, 2.05) is 45.4 Å². The maximum absolute atomic E-state index is 12.4. The maximum Gasteiger partial charge on any atom is 0.305 e. The summed E-state index contributed by atoms with van der Waals surface area (Å²) in [6.07, 6.45) is -0.138. The summed E-state index contributed by atoms with van der Waals surface area (Å²) < 4.78 is 6.16. The lowest BCUT2D eigenvalue weighted by atomic mass is 10.2. The first-order valence-corrected chi connectivity index (χ1v) is 9.79. The first-order chi connectivity index (χ1) is 12.6. The highest BCUT2D eigenvalue weighted by molar-refractivity contribution is 7.98. The minimum atomic E-state index is -0.951. The fraction of sp³-hybridized carbons (Fsp3) is 0.368. The first kappa shape index (κ1) is 21.3. The number of carboxylic acids is 1. The van der Waals surface area contributed by atoms with Crippen molar-refractivity contribution in [2.24, 2.45) is 0 Å². The second-order valence-corrected chi connectivity index (χ2v) is 8.73. The van der Waals surface area contributed by atoms with Crippen LogP contribution in [0.1, 0.15) is 22.7 Å². The third-order valence-electron chi connectivity index (χ3n) is 3.60. The molecule has 0 radical (unpaired) electrons. The molecule has 0 saturated carbocycles. The molecule has 1 aromatic carbocycles. The SMILES string of the molecule is C[N+](C)(C)C[C@@H](CC(=O)O)NC(=O)c1ccc(CSc2ccc(Cl)cc2)o1. The van der Waals surface area contributed by atoms with Gasteiger partial charge in [-0.05, 0) is 36.4 Å². The second kappa shape index (κ2) is 9.30. The van der Waals surface area contributed by atoms with Crippen LogP contribution in [0.5, 0.6) is 0 Å². The van der Waals surface area contributed by atoms with E-state index in [2.05, 4.69) is 5.32 Å². The third-order valence-corrected chi connectivity index (χ3v) is 4.89. The summed E-state index contributed by atoms with van der Waals surface area (Å²) in [4.78, 5) is 24.5. The molecule has 2 rings (SSSR count). The quantitative estimate of drug-likeness (QED) is 0.487. The predicted octanol–water partition coefficient (Wildman–Crippen LogP) is 3.50. The number of nitrogens with zero attached hydrogens (tertiary/aromatic N) is 1. The van der Waals surface area contributed by atoms with Gasteiger partial charge in [-0.2, -0.15) is 0 Å². The number of carbonyl (C=O) groups is 2. The van der Waals surface area contributed by atoms with Gasteiger partial charge in [0, 0.05) is 9.92 Å². The minimum absolute atomic E-state index is 0.138. The zero-order valence-electron chi connectivity index (χ0n) is 15.6. The topological polar surface area (TPSA) is 79.5 Å². The van der Waals surface area contributed by atoms with Gasteiger partial charge in [-0.1, -0.05) is 11.6 Å². The van der Waals surface area contributed by atoms with Crippen molar-refractivity contribution in [3.63, 3.8) is 0 Å². The number of amides is 1. The fourth-order valence-corrected chi connectivity index (χ4v) is 3.47.